The van der Waals surface area contributed by atoms with E-state index in [1.165, 1.54) is 0 Å². The molecule has 1 heterocycles. The number of imidazole rings is 1. The molecule has 17 heavy (non-hydrogen) atoms. The second-order valence-electron chi connectivity index (χ2n) is 3.90. The second-order valence-corrected chi connectivity index (χ2v) is 3.90. The van der Waals surface area contributed by atoms with Crippen LogP contribution in [0, 0.1) is 0 Å². The molecule has 1 aromatic carbocycles. The van der Waals surface area contributed by atoms with Crippen LogP contribution in [0.4, 0.5) is 0 Å². The van der Waals surface area contributed by atoms with Crippen molar-refractivity contribution in [1.29, 1.82) is 0 Å². The molecular formula is C13H17N3O. The van der Waals surface area contributed by atoms with Crippen molar-refractivity contribution in [3.05, 3.63) is 48.0 Å². The van der Waals surface area contributed by atoms with Gasteiger partial charge in [0.05, 0.1) is 6.61 Å². The first-order valence-electron chi connectivity index (χ1n) is 5.67. The number of nitrogens with two attached hydrogens (primary N) is 1. The molecule has 1 aromatic heterocycles. The highest BCUT2D eigenvalue weighted by Crippen LogP contribution is 2.13. The van der Waals surface area contributed by atoms with Gasteiger partial charge in [0.1, 0.15) is 11.6 Å². The Labute approximate surface area is 101 Å². The van der Waals surface area contributed by atoms with Crippen molar-refractivity contribution >= 4 is 0 Å². The van der Waals surface area contributed by atoms with Crippen LogP contribution in [0.2, 0.25) is 0 Å². The van der Waals surface area contributed by atoms with Crippen molar-refractivity contribution in [3.63, 3.8) is 0 Å². The highest BCUT2D eigenvalue weighted by atomic mass is 16.5. The number of benzene rings is 1. The minimum absolute atomic E-state index is 0.538. The highest BCUT2D eigenvalue weighted by Gasteiger charge is 2.00. The van der Waals surface area contributed by atoms with Crippen molar-refractivity contribution in [2.45, 2.75) is 13.0 Å². The van der Waals surface area contributed by atoms with Crippen LogP contribution in [0.15, 0.2) is 36.7 Å². The largest absolute Gasteiger partial charge is 0.493 e. The summed E-state index contributed by atoms with van der Waals surface area (Å²) in [6.07, 6.45) is 4.53. The number of hydrogen-bond donors (Lipinski definition) is 1. The number of hydrogen-bond acceptors (Lipinski definition) is 3. The number of rotatable bonds is 5. The Balaban J connectivity index is 1.87. The highest BCUT2D eigenvalue weighted by molar-refractivity contribution is 5.28. The van der Waals surface area contributed by atoms with Gasteiger partial charge in [0.25, 0.3) is 0 Å². The van der Waals surface area contributed by atoms with Gasteiger partial charge in [0.15, 0.2) is 0 Å². The molecule has 0 saturated carbocycles. The summed E-state index contributed by atoms with van der Waals surface area (Å²) in [6, 6.07) is 7.86. The Morgan fingerprint density at radius 1 is 1.41 bits per heavy atom. The van der Waals surface area contributed by atoms with Gasteiger partial charge >= 0.3 is 0 Å². The summed E-state index contributed by atoms with van der Waals surface area (Å²) in [6.45, 7) is 1.16. The molecule has 90 valence electrons. The first-order valence-corrected chi connectivity index (χ1v) is 5.67. The summed E-state index contributed by atoms with van der Waals surface area (Å²) in [4.78, 5) is 4.24. The van der Waals surface area contributed by atoms with Crippen LogP contribution in [-0.2, 0) is 20.0 Å². The smallest absolute Gasteiger partial charge is 0.119 e. The van der Waals surface area contributed by atoms with Crippen LogP contribution in [-0.4, -0.2) is 16.2 Å². The summed E-state index contributed by atoms with van der Waals surface area (Å²) >= 11 is 0. The van der Waals surface area contributed by atoms with Crippen molar-refractivity contribution in [2.24, 2.45) is 12.8 Å². The van der Waals surface area contributed by atoms with Crippen LogP contribution < -0.4 is 10.5 Å². The number of nitrogens with zero attached hydrogens (tertiary/aromatic N) is 2. The van der Waals surface area contributed by atoms with E-state index in [0.29, 0.717) is 13.2 Å². The maximum atomic E-state index is 5.67. The lowest BCUT2D eigenvalue weighted by Crippen LogP contribution is -2.06. The molecule has 4 nitrogen and oxygen atoms in total. The standard InChI is InChI=1S/C13H17N3O/c1-16-7-6-15-13(16)5-8-17-12-4-2-3-11(9-12)10-14/h2-4,6-7,9H,5,8,10,14H2,1H3. The SMILES string of the molecule is Cn1ccnc1CCOc1cccc(CN)c1. The Bertz CT molecular complexity index is 479. The fourth-order valence-corrected chi connectivity index (χ4v) is 1.66. The van der Waals surface area contributed by atoms with Crippen LogP contribution >= 0.6 is 0 Å². The Morgan fingerprint density at radius 2 is 2.29 bits per heavy atom. The lowest BCUT2D eigenvalue weighted by atomic mass is 10.2. The third-order valence-electron chi connectivity index (χ3n) is 2.65. The second kappa shape index (κ2) is 5.50. The normalized spacial score (nSPS) is 10.5. The van der Waals surface area contributed by atoms with Gasteiger partial charge in [-0.05, 0) is 17.7 Å². The Hall–Kier alpha value is -1.81. The average Bonchev–Trinajstić information content (AvgIpc) is 2.76. The van der Waals surface area contributed by atoms with Crippen molar-refractivity contribution in [3.8, 4) is 5.75 Å². The predicted octanol–water partition coefficient (Wildman–Crippen LogP) is 1.50. The van der Waals surface area contributed by atoms with Gasteiger partial charge in [-0.25, -0.2) is 4.98 Å². The van der Waals surface area contributed by atoms with Gasteiger partial charge in [-0.15, -0.1) is 0 Å². The average molecular weight is 231 g/mol. The maximum absolute atomic E-state index is 5.67. The number of ether oxygens (including phenoxy) is 1. The minimum atomic E-state index is 0.538. The third-order valence-corrected chi connectivity index (χ3v) is 2.65. The summed E-state index contributed by atoms with van der Waals surface area (Å²) in [5, 5.41) is 0. The summed E-state index contributed by atoms with van der Waals surface area (Å²) in [5.74, 6) is 1.89. The van der Waals surface area contributed by atoms with Gasteiger partial charge < -0.3 is 15.0 Å². The Kier molecular flexibility index (Phi) is 3.77. The lowest BCUT2D eigenvalue weighted by molar-refractivity contribution is 0.317. The third kappa shape index (κ3) is 3.07. The summed E-state index contributed by atoms with van der Waals surface area (Å²) in [5.41, 5.74) is 6.66. The van der Waals surface area contributed by atoms with Gasteiger partial charge in [0, 0.05) is 32.4 Å². The van der Waals surface area contributed by atoms with E-state index in [1.54, 1.807) is 6.20 Å². The van der Waals surface area contributed by atoms with Crippen molar-refractivity contribution in [1.82, 2.24) is 9.55 Å². The molecule has 0 aliphatic carbocycles. The molecule has 0 radical (unpaired) electrons. The van der Waals surface area contributed by atoms with Crippen molar-refractivity contribution in [2.75, 3.05) is 6.61 Å². The molecule has 0 unspecified atom stereocenters. The monoisotopic (exact) mass is 231 g/mol. The molecule has 2 rings (SSSR count). The van der Waals surface area contributed by atoms with E-state index in [1.807, 2.05) is 42.1 Å². The zero-order valence-corrected chi connectivity index (χ0v) is 9.97. The molecule has 4 heteroatoms. The number of aryl methyl sites for hydroxylation is 1. The Morgan fingerprint density at radius 3 is 3.00 bits per heavy atom. The fraction of sp³-hybridized carbons (Fsp3) is 0.308. The molecular weight excluding hydrogens is 214 g/mol. The maximum Gasteiger partial charge on any atom is 0.119 e. The first kappa shape index (κ1) is 11.7. The van der Waals surface area contributed by atoms with Crippen LogP contribution in [0.3, 0.4) is 0 Å². The van der Waals surface area contributed by atoms with E-state index in [-0.39, 0.29) is 0 Å². The van der Waals surface area contributed by atoms with E-state index < -0.39 is 0 Å². The molecule has 0 saturated heterocycles. The van der Waals surface area contributed by atoms with Gasteiger partial charge in [-0.1, -0.05) is 12.1 Å². The van der Waals surface area contributed by atoms with E-state index in [0.717, 1.165) is 23.6 Å². The molecule has 0 atom stereocenters. The molecule has 0 spiro atoms. The minimum Gasteiger partial charge on any atom is -0.493 e. The number of aromatic nitrogens is 2. The van der Waals surface area contributed by atoms with E-state index in [2.05, 4.69) is 4.98 Å². The summed E-state index contributed by atoms with van der Waals surface area (Å²) < 4.78 is 7.67. The summed E-state index contributed by atoms with van der Waals surface area (Å²) in [7, 11) is 1.98. The quantitative estimate of drug-likeness (QED) is 0.848. The van der Waals surface area contributed by atoms with E-state index in [4.69, 9.17) is 10.5 Å². The van der Waals surface area contributed by atoms with Crippen LogP contribution in [0.1, 0.15) is 11.4 Å². The topological polar surface area (TPSA) is 53.1 Å². The molecule has 0 bridgehead atoms. The van der Waals surface area contributed by atoms with Gasteiger partial charge in [0.2, 0.25) is 0 Å². The lowest BCUT2D eigenvalue weighted by Gasteiger charge is -2.07. The van der Waals surface area contributed by atoms with E-state index in [9.17, 15) is 0 Å². The van der Waals surface area contributed by atoms with E-state index >= 15 is 0 Å². The first-order chi connectivity index (χ1) is 8.29. The predicted molar refractivity (Wildman–Crippen MR) is 66.7 cm³/mol. The van der Waals surface area contributed by atoms with Crippen LogP contribution in [0.25, 0.3) is 0 Å². The molecule has 0 aliphatic heterocycles. The zero-order chi connectivity index (χ0) is 12.1. The zero-order valence-electron chi connectivity index (χ0n) is 9.97. The van der Waals surface area contributed by atoms with Gasteiger partial charge in [-0.2, -0.15) is 0 Å². The van der Waals surface area contributed by atoms with Crippen molar-refractivity contribution < 1.29 is 4.74 Å². The molecule has 0 aliphatic rings. The molecule has 0 fully saturated rings. The molecule has 2 aromatic rings. The van der Waals surface area contributed by atoms with Crippen LogP contribution in [0.5, 0.6) is 5.75 Å². The fourth-order valence-electron chi connectivity index (χ4n) is 1.66. The molecule has 2 N–H and O–H groups in total. The van der Waals surface area contributed by atoms with Gasteiger partial charge in [-0.3, -0.25) is 0 Å². The molecule has 0 amide bonds.